The molecule has 0 aromatic carbocycles. The Morgan fingerprint density at radius 3 is 2.94 bits per heavy atom. The third kappa shape index (κ3) is 2.64. The highest BCUT2D eigenvalue weighted by Gasteiger charge is 2.35. The summed E-state index contributed by atoms with van der Waals surface area (Å²) in [5.41, 5.74) is 0.0412. The van der Waals surface area contributed by atoms with E-state index in [0.717, 1.165) is 29.7 Å². The van der Waals surface area contributed by atoms with Crippen LogP contribution in [0.5, 0.6) is 0 Å². The van der Waals surface area contributed by atoms with Crippen molar-refractivity contribution in [1.82, 2.24) is 9.36 Å². The van der Waals surface area contributed by atoms with Crippen molar-refractivity contribution >= 4 is 28.3 Å². The van der Waals surface area contributed by atoms with Crippen molar-refractivity contribution in [3.8, 4) is 0 Å². The zero-order valence-electron chi connectivity index (χ0n) is 10.8. The van der Waals surface area contributed by atoms with E-state index in [1.165, 1.54) is 37.2 Å². The average molecular weight is 286 g/mol. The highest BCUT2D eigenvalue weighted by Crippen LogP contribution is 2.41. The molecule has 3 nitrogen and oxygen atoms in total. The molecule has 1 aromatic rings. The minimum atomic E-state index is 0.0412. The summed E-state index contributed by atoms with van der Waals surface area (Å²) in [5, 5.41) is 4.55. The second-order valence-corrected chi connectivity index (χ2v) is 6.99. The third-order valence-corrected chi connectivity index (χ3v) is 5.26. The van der Waals surface area contributed by atoms with Gasteiger partial charge in [-0.1, -0.05) is 19.8 Å². The SMILES string of the molecule is CC1CCCC(CCl)(Nc2nc(C3CC3)ns2)C1. The van der Waals surface area contributed by atoms with Crippen LogP contribution in [0.3, 0.4) is 0 Å². The van der Waals surface area contributed by atoms with E-state index < -0.39 is 0 Å². The van der Waals surface area contributed by atoms with E-state index in [4.69, 9.17) is 11.6 Å². The Hall–Kier alpha value is -0.350. The normalized spacial score (nSPS) is 32.4. The summed E-state index contributed by atoms with van der Waals surface area (Å²) < 4.78 is 4.45. The van der Waals surface area contributed by atoms with Gasteiger partial charge in [0.25, 0.3) is 0 Å². The third-order valence-electron chi connectivity index (χ3n) is 4.10. The zero-order chi connectivity index (χ0) is 12.6. The van der Waals surface area contributed by atoms with Crippen LogP contribution in [-0.2, 0) is 0 Å². The molecule has 0 spiro atoms. The number of hydrogen-bond donors (Lipinski definition) is 1. The van der Waals surface area contributed by atoms with Crippen LogP contribution in [-0.4, -0.2) is 20.8 Å². The molecule has 0 radical (unpaired) electrons. The minimum absolute atomic E-state index is 0.0412. The monoisotopic (exact) mass is 285 g/mol. The fourth-order valence-electron chi connectivity index (χ4n) is 2.95. The van der Waals surface area contributed by atoms with Crippen LogP contribution in [0.4, 0.5) is 5.13 Å². The predicted molar refractivity (Wildman–Crippen MR) is 76.6 cm³/mol. The number of halogens is 1. The fourth-order valence-corrected chi connectivity index (χ4v) is 4.02. The van der Waals surface area contributed by atoms with Gasteiger partial charge in [-0.15, -0.1) is 11.6 Å². The molecule has 0 saturated heterocycles. The van der Waals surface area contributed by atoms with E-state index in [1.54, 1.807) is 0 Å². The molecule has 2 aliphatic rings. The molecule has 0 aliphatic heterocycles. The highest BCUT2D eigenvalue weighted by molar-refractivity contribution is 7.09. The molecule has 1 N–H and O–H groups in total. The molecular weight excluding hydrogens is 266 g/mol. The Bertz CT molecular complexity index is 418. The van der Waals surface area contributed by atoms with Gasteiger partial charge in [-0.25, -0.2) is 4.98 Å². The predicted octanol–water partition coefficient (Wildman–Crippen LogP) is 4.02. The molecule has 0 amide bonds. The first-order valence-electron chi connectivity index (χ1n) is 6.88. The molecule has 5 heteroatoms. The van der Waals surface area contributed by atoms with Crippen LogP contribution in [0, 0.1) is 5.92 Å². The molecule has 3 rings (SSSR count). The lowest BCUT2D eigenvalue weighted by Gasteiger charge is -2.39. The van der Waals surface area contributed by atoms with Gasteiger partial charge in [0.1, 0.15) is 5.82 Å². The van der Waals surface area contributed by atoms with Gasteiger partial charge in [-0.05, 0) is 31.6 Å². The smallest absolute Gasteiger partial charge is 0.203 e. The number of aromatic nitrogens is 2. The molecular formula is C13H20ClN3S. The number of nitrogens with one attached hydrogen (secondary N) is 1. The molecule has 2 fully saturated rings. The van der Waals surface area contributed by atoms with Gasteiger partial charge in [-0.3, -0.25) is 0 Å². The zero-order valence-corrected chi connectivity index (χ0v) is 12.4. The Morgan fingerprint density at radius 2 is 2.28 bits per heavy atom. The van der Waals surface area contributed by atoms with Gasteiger partial charge < -0.3 is 5.32 Å². The summed E-state index contributed by atoms with van der Waals surface area (Å²) >= 11 is 7.72. The fraction of sp³-hybridized carbons (Fsp3) is 0.846. The van der Waals surface area contributed by atoms with Crippen LogP contribution >= 0.6 is 23.1 Å². The van der Waals surface area contributed by atoms with Gasteiger partial charge in [0, 0.05) is 23.3 Å². The maximum absolute atomic E-state index is 6.23. The van der Waals surface area contributed by atoms with E-state index in [9.17, 15) is 0 Å². The Balaban J connectivity index is 1.71. The molecule has 1 heterocycles. The maximum Gasteiger partial charge on any atom is 0.203 e. The van der Waals surface area contributed by atoms with Crippen molar-refractivity contribution < 1.29 is 0 Å². The van der Waals surface area contributed by atoms with Crippen molar-refractivity contribution in [3.05, 3.63) is 5.82 Å². The molecule has 0 bridgehead atoms. The Morgan fingerprint density at radius 1 is 1.44 bits per heavy atom. The summed E-state index contributed by atoms with van der Waals surface area (Å²) in [5.74, 6) is 3.08. The molecule has 2 unspecified atom stereocenters. The standard InChI is InChI=1S/C13H20ClN3S/c1-9-3-2-6-13(7-9,8-14)16-12-15-11(17-18-12)10-4-5-10/h9-10H,2-8H2,1H3,(H,15,16,17). The summed E-state index contributed by atoms with van der Waals surface area (Å²) in [6.07, 6.45) is 7.40. The Labute approximate surface area is 118 Å². The van der Waals surface area contributed by atoms with Crippen molar-refractivity contribution in [2.45, 2.75) is 56.9 Å². The van der Waals surface area contributed by atoms with E-state index >= 15 is 0 Å². The lowest BCUT2D eigenvalue weighted by Crippen LogP contribution is -2.44. The maximum atomic E-state index is 6.23. The van der Waals surface area contributed by atoms with E-state index in [-0.39, 0.29) is 5.54 Å². The molecule has 1 aromatic heterocycles. The van der Waals surface area contributed by atoms with Crippen molar-refractivity contribution in [2.75, 3.05) is 11.2 Å². The molecule has 100 valence electrons. The number of nitrogens with zero attached hydrogens (tertiary/aromatic N) is 2. The van der Waals surface area contributed by atoms with Crippen molar-refractivity contribution in [3.63, 3.8) is 0 Å². The molecule has 18 heavy (non-hydrogen) atoms. The number of alkyl halides is 1. The first-order chi connectivity index (χ1) is 8.71. The van der Waals surface area contributed by atoms with Gasteiger partial charge in [-0.2, -0.15) is 4.37 Å². The van der Waals surface area contributed by atoms with Gasteiger partial charge in [0.05, 0.1) is 5.54 Å². The lowest BCUT2D eigenvalue weighted by molar-refractivity contribution is 0.279. The van der Waals surface area contributed by atoms with Crippen molar-refractivity contribution in [2.24, 2.45) is 5.92 Å². The largest absolute Gasteiger partial charge is 0.354 e. The second-order valence-electron chi connectivity index (χ2n) is 5.97. The number of anilines is 1. The molecule has 2 atom stereocenters. The minimum Gasteiger partial charge on any atom is -0.354 e. The number of rotatable bonds is 4. The summed E-state index contributed by atoms with van der Waals surface area (Å²) in [6, 6.07) is 0. The van der Waals surface area contributed by atoms with Crippen molar-refractivity contribution in [1.29, 1.82) is 0 Å². The number of hydrogen-bond acceptors (Lipinski definition) is 4. The average Bonchev–Trinajstić information content (AvgIpc) is 3.11. The van der Waals surface area contributed by atoms with E-state index in [1.807, 2.05) is 0 Å². The summed E-state index contributed by atoms with van der Waals surface area (Å²) in [4.78, 5) is 4.62. The lowest BCUT2D eigenvalue weighted by atomic mass is 9.77. The van der Waals surface area contributed by atoms with Crippen LogP contribution in [0.2, 0.25) is 0 Å². The van der Waals surface area contributed by atoms with Crippen LogP contribution in [0.25, 0.3) is 0 Å². The highest BCUT2D eigenvalue weighted by atomic mass is 35.5. The Kier molecular flexibility index (Phi) is 3.50. The first kappa shape index (κ1) is 12.7. The van der Waals surface area contributed by atoms with E-state index in [0.29, 0.717) is 11.8 Å². The van der Waals surface area contributed by atoms with E-state index in [2.05, 4.69) is 21.6 Å². The summed E-state index contributed by atoms with van der Waals surface area (Å²) in [6.45, 7) is 2.32. The van der Waals surface area contributed by atoms with Gasteiger partial charge >= 0.3 is 0 Å². The topological polar surface area (TPSA) is 37.8 Å². The molecule has 2 saturated carbocycles. The van der Waals surface area contributed by atoms with Crippen LogP contribution in [0.15, 0.2) is 0 Å². The van der Waals surface area contributed by atoms with Gasteiger partial charge in [0.2, 0.25) is 5.13 Å². The van der Waals surface area contributed by atoms with Gasteiger partial charge in [0.15, 0.2) is 0 Å². The van der Waals surface area contributed by atoms with Crippen LogP contribution in [0.1, 0.15) is 57.2 Å². The first-order valence-corrected chi connectivity index (χ1v) is 8.19. The second kappa shape index (κ2) is 4.97. The summed E-state index contributed by atoms with van der Waals surface area (Å²) in [7, 11) is 0. The quantitative estimate of drug-likeness (QED) is 0.849. The van der Waals surface area contributed by atoms with Crippen LogP contribution < -0.4 is 5.32 Å². The molecule has 2 aliphatic carbocycles.